The van der Waals surface area contributed by atoms with E-state index in [9.17, 15) is 9.59 Å². The summed E-state index contributed by atoms with van der Waals surface area (Å²) in [5.41, 5.74) is 6.51. The highest BCUT2D eigenvalue weighted by atomic mass is 16.5. The number of carbonyl (C=O) groups excluding carboxylic acids is 2. The lowest BCUT2D eigenvalue weighted by Gasteiger charge is -2.10. The molecule has 0 heterocycles. The second-order valence-electron chi connectivity index (χ2n) is 4.22. The van der Waals surface area contributed by atoms with Crippen LogP contribution in [-0.2, 0) is 0 Å². The predicted molar refractivity (Wildman–Crippen MR) is 80.6 cm³/mol. The molecule has 0 aliphatic heterocycles. The standard InChI is InChI=1S/C15H15N3O3/c1-21-13-8-3-2-7-12(13)14(19)17-10-5-4-6-11(9-10)18-15(16)20/h2-9H,1H3,(H,17,19)(H3,16,18,20). The van der Waals surface area contributed by atoms with Gasteiger partial charge in [-0.25, -0.2) is 4.79 Å². The van der Waals surface area contributed by atoms with E-state index >= 15 is 0 Å². The molecule has 0 saturated carbocycles. The first-order valence-electron chi connectivity index (χ1n) is 6.21. The number of ether oxygens (including phenoxy) is 1. The van der Waals surface area contributed by atoms with Crippen molar-refractivity contribution in [3.8, 4) is 5.75 Å². The topological polar surface area (TPSA) is 93.4 Å². The van der Waals surface area contributed by atoms with Gasteiger partial charge in [0.25, 0.3) is 5.91 Å². The number of carbonyl (C=O) groups is 2. The maximum atomic E-state index is 12.2. The van der Waals surface area contributed by atoms with E-state index in [1.807, 2.05) is 0 Å². The summed E-state index contributed by atoms with van der Waals surface area (Å²) in [7, 11) is 1.50. The number of para-hydroxylation sites is 1. The number of anilines is 2. The summed E-state index contributed by atoms with van der Waals surface area (Å²) in [4.78, 5) is 23.0. The normalized spacial score (nSPS) is 9.76. The van der Waals surface area contributed by atoms with Crippen LogP contribution in [0, 0.1) is 0 Å². The van der Waals surface area contributed by atoms with Gasteiger partial charge >= 0.3 is 6.03 Å². The molecule has 0 atom stereocenters. The molecule has 2 aromatic rings. The van der Waals surface area contributed by atoms with Crippen LogP contribution in [0.25, 0.3) is 0 Å². The molecule has 2 aromatic carbocycles. The van der Waals surface area contributed by atoms with Crippen LogP contribution < -0.4 is 21.1 Å². The number of urea groups is 1. The van der Waals surface area contributed by atoms with Crippen molar-refractivity contribution in [1.82, 2.24) is 0 Å². The summed E-state index contributed by atoms with van der Waals surface area (Å²) >= 11 is 0. The van der Waals surface area contributed by atoms with E-state index in [2.05, 4.69) is 10.6 Å². The number of hydrogen-bond donors (Lipinski definition) is 3. The van der Waals surface area contributed by atoms with E-state index in [0.717, 1.165) is 0 Å². The van der Waals surface area contributed by atoms with Crippen molar-refractivity contribution < 1.29 is 14.3 Å². The van der Waals surface area contributed by atoms with Gasteiger partial charge in [0, 0.05) is 11.4 Å². The van der Waals surface area contributed by atoms with Gasteiger partial charge in [-0.15, -0.1) is 0 Å². The van der Waals surface area contributed by atoms with E-state index in [4.69, 9.17) is 10.5 Å². The third-order valence-electron chi connectivity index (χ3n) is 2.74. The third-order valence-corrected chi connectivity index (χ3v) is 2.74. The van der Waals surface area contributed by atoms with Crippen LogP contribution in [0.1, 0.15) is 10.4 Å². The molecule has 0 saturated heterocycles. The Bertz CT molecular complexity index is 671. The molecule has 21 heavy (non-hydrogen) atoms. The van der Waals surface area contributed by atoms with Gasteiger partial charge in [-0.2, -0.15) is 0 Å². The van der Waals surface area contributed by atoms with Crippen molar-refractivity contribution in [3.05, 3.63) is 54.1 Å². The fourth-order valence-corrected chi connectivity index (χ4v) is 1.85. The summed E-state index contributed by atoms with van der Waals surface area (Å²) in [6, 6.07) is 12.9. The molecule has 0 aliphatic carbocycles. The summed E-state index contributed by atoms with van der Waals surface area (Å²) in [5.74, 6) is 0.185. The summed E-state index contributed by atoms with van der Waals surface area (Å²) in [5, 5.41) is 5.18. The zero-order valence-electron chi connectivity index (χ0n) is 11.4. The number of methoxy groups -OCH3 is 1. The van der Waals surface area contributed by atoms with Gasteiger partial charge in [0.15, 0.2) is 0 Å². The lowest BCUT2D eigenvalue weighted by molar-refractivity contribution is 0.102. The molecule has 108 valence electrons. The molecule has 6 nitrogen and oxygen atoms in total. The first-order valence-corrected chi connectivity index (χ1v) is 6.21. The highest BCUT2D eigenvalue weighted by Gasteiger charge is 2.11. The Morgan fingerprint density at radius 3 is 2.33 bits per heavy atom. The summed E-state index contributed by atoms with van der Waals surface area (Å²) in [6.45, 7) is 0. The summed E-state index contributed by atoms with van der Waals surface area (Å²) < 4.78 is 5.15. The van der Waals surface area contributed by atoms with E-state index in [0.29, 0.717) is 22.7 Å². The van der Waals surface area contributed by atoms with Gasteiger partial charge in [0.05, 0.1) is 12.7 Å². The third kappa shape index (κ3) is 3.73. The highest BCUT2D eigenvalue weighted by Crippen LogP contribution is 2.20. The Morgan fingerprint density at radius 1 is 1.00 bits per heavy atom. The molecular formula is C15H15N3O3. The van der Waals surface area contributed by atoms with Crippen molar-refractivity contribution in [2.24, 2.45) is 5.73 Å². The zero-order valence-corrected chi connectivity index (χ0v) is 11.4. The monoisotopic (exact) mass is 285 g/mol. The van der Waals surface area contributed by atoms with Gasteiger partial charge in [0.1, 0.15) is 5.75 Å². The van der Waals surface area contributed by atoms with Gasteiger partial charge in [0.2, 0.25) is 0 Å². The van der Waals surface area contributed by atoms with Gasteiger partial charge < -0.3 is 21.1 Å². The highest BCUT2D eigenvalue weighted by molar-refractivity contribution is 6.06. The number of benzene rings is 2. The first-order chi connectivity index (χ1) is 10.1. The molecule has 0 aliphatic rings. The Labute approximate surface area is 121 Å². The van der Waals surface area contributed by atoms with E-state index in [1.54, 1.807) is 48.5 Å². The average Bonchev–Trinajstić information content (AvgIpc) is 2.46. The Balaban J connectivity index is 2.17. The molecule has 0 radical (unpaired) electrons. The van der Waals surface area contributed by atoms with E-state index < -0.39 is 6.03 Å². The maximum Gasteiger partial charge on any atom is 0.316 e. The van der Waals surface area contributed by atoms with E-state index in [1.165, 1.54) is 7.11 Å². The molecule has 2 rings (SSSR count). The Hall–Kier alpha value is -3.02. The first kappa shape index (κ1) is 14.4. The molecule has 6 heteroatoms. The maximum absolute atomic E-state index is 12.2. The largest absolute Gasteiger partial charge is 0.496 e. The Morgan fingerprint density at radius 2 is 1.67 bits per heavy atom. The number of rotatable bonds is 4. The van der Waals surface area contributed by atoms with Crippen LogP contribution in [0.5, 0.6) is 5.75 Å². The second kappa shape index (κ2) is 6.42. The molecule has 3 amide bonds. The smallest absolute Gasteiger partial charge is 0.316 e. The average molecular weight is 285 g/mol. The van der Waals surface area contributed by atoms with E-state index in [-0.39, 0.29) is 5.91 Å². The fourth-order valence-electron chi connectivity index (χ4n) is 1.85. The predicted octanol–water partition coefficient (Wildman–Crippen LogP) is 2.44. The minimum atomic E-state index is -0.664. The lowest BCUT2D eigenvalue weighted by Crippen LogP contribution is -2.19. The van der Waals surface area contributed by atoms with Crippen LogP contribution in [0.2, 0.25) is 0 Å². The molecule has 4 N–H and O–H groups in total. The fraction of sp³-hybridized carbons (Fsp3) is 0.0667. The van der Waals surface area contributed by atoms with Crippen LogP contribution in [-0.4, -0.2) is 19.0 Å². The number of nitrogens with two attached hydrogens (primary N) is 1. The van der Waals surface area contributed by atoms with Crippen LogP contribution in [0.15, 0.2) is 48.5 Å². The number of primary amides is 1. The zero-order chi connectivity index (χ0) is 15.2. The van der Waals surface area contributed by atoms with Gasteiger partial charge in [-0.05, 0) is 30.3 Å². The van der Waals surface area contributed by atoms with Crippen molar-refractivity contribution >= 4 is 23.3 Å². The quantitative estimate of drug-likeness (QED) is 0.805. The van der Waals surface area contributed by atoms with Crippen molar-refractivity contribution in [2.45, 2.75) is 0 Å². The molecular weight excluding hydrogens is 270 g/mol. The molecule has 0 spiro atoms. The van der Waals surface area contributed by atoms with Crippen LogP contribution in [0.3, 0.4) is 0 Å². The van der Waals surface area contributed by atoms with Crippen molar-refractivity contribution in [3.63, 3.8) is 0 Å². The van der Waals surface area contributed by atoms with Gasteiger partial charge in [-0.3, -0.25) is 4.79 Å². The van der Waals surface area contributed by atoms with Crippen LogP contribution >= 0.6 is 0 Å². The molecule has 0 unspecified atom stereocenters. The SMILES string of the molecule is COc1ccccc1C(=O)Nc1cccc(NC(N)=O)c1. The molecule has 0 aromatic heterocycles. The van der Waals surface area contributed by atoms with Crippen LogP contribution in [0.4, 0.5) is 16.2 Å². The number of amides is 3. The lowest BCUT2D eigenvalue weighted by atomic mass is 10.2. The minimum Gasteiger partial charge on any atom is -0.496 e. The van der Waals surface area contributed by atoms with Crippen molar-refractivity contribution in [1.29, 1.82) is 0 Å². The molecule has 0 bridgehead atoms. The van der Waals surface area contributed by atoms with Gasteiger partial charge in [-0.1, -0.05) is 18.2 Å². The Kier molecular flexibility index (Phi) is 4.40. The molecule has 0 fully saturated rings. The summed E-state index contributed by atoms with van der Waals surface area (Å²) in [6.07, 6.45) is 0. The second-order valence-corrected chi connectivity index (χ2v) is 4.22. The minimum absolute atomic E-state index is 0.302. The number of hydrogen-bond acceptors (Lipinski definition) is 3. The van der Waals surface area contributed by atoms with Crippen molar-refractivity contribution in [2.75, 3.05) is 17.7 Å². The number of nitrogens with one attached hydrogen (secondary N) is 2.